The number of nitriles is 1. The van der Waals surface area contributed by atoms with Gasteiger partial charge in [-0.1, -0.05) is 25.4 Å². The number of halogens is 1. The Hall–Kier alpha value is -2.12. The fourth-order valence-electron chi connectivity index (χ4n) is 2.11. The number of aryl methyl sites for hydroxylation is 2. The number of hydrogen-bond acceptors (Lipinski definition) is 4. The Bertz CT molecular complexity index is 763. The first-order valence-electron chi connectivity index (χ1n) is 7.07. The van der Waals surface area contributed by atoms with Crippen molar-refractivity contribution in [3.05, 3.63) is 45.1 Å². The molecule has 0 aliphatic carbocycles. The summed E-state index contributed by atoms with van der Waals surface area (Å²) in [5.41, 5.74) is 3.80. The quantitative estimate of drug-likeness (QED) is 0.813. The van der Waals surface area contributed by atoms with Crippen LogP contribution in [0.5, 0.6) is 11.6 Å². The summed E-state index contributed by atoms with van der Waals surface area (Å²) < 4.78 is 5.86. The lowest BCUT2D eigenvalue weighted by atomic mass is 10.0. The summed E-state index contributed by atoms with van der Waals surface area (Å²) in [6.45, 7) is 9.70. The Morgan fingerprint density at radius 2 is 1.86 bits per heavy atom. The first kappa shape index (κ1) is 16.3. The zero-order chi connectivity index (χ0) is 16.4. The first-order valence-corrected chi connectivity index (χ1v) is 7.44. The number of ether oxygens (including phenoxy) is 1. The van der Waals surface area contributed by atoms with E-state index in [0.29, 0.717) is 16.3 Å². The molecule has 0 bridgehead atoms. The van der Waals surface area contributed by atoms with Gasteiger partial charge in [0, 0.05) is 5.02 Å². The lowest BCUT2D eigenvalue weighted by Crippen LogP contribution is -2.02. The van der Waals surface area contributed by atoms with Crippen molar-refractivity contribution in [2.75, 3.05) is 0 Å². The van der Waals surface area contributed by atoms with Crippen LogP contribution in [0.4, 0.5) is 0 Å². The van der Waals surface area contributed by atoms with Gasteiger partial charge in [0.15, 0.2) is 0 Å². The molecular weight excluding hydrogens is 298 g/mol. The SMILES string of the molecule is Cc1cc(Cl)c(C(C)C)cc1Oc1nnc(C)c(C)c1C#N. The normalized spacial score (nSPS) is 10.6. The largest absolute Gasteiger partial charge is 0.436 e. The van der Waals surface area contributed by atoms with Gasteiger partial charge in [0.25, 0.3) is 5.88 Å². The molecule has 5 heteroatoms. The highest BCUT2D eigenvalue weighted by Crippen LogP contribution is 2.34. The van der Waals surface area contributed by atoms with E-state index in [4.69, 9.17) is 16.3 Å². The maximum absolute atomic E-state index is 9.34. The van der Waals surface area contributed by atoms with E-state index < -0.39 is 0 Å². The number of nitrogens with zero attached hydrogens (tertiary/aromatic N) is 3. The average molecular weight is 316 g/mol. The van der Waals surface area contributed by atoms with Crippen LogP contribution in [0.25, 0.3) is 0 Å². The lowest BCUT2D eigenvalue weighted by Gasteiger charge is -2.15. The molecule has 1 aromatic carbocycles. The topological polar surface area (TPSA) is 58.8 Å². The summed E-state index contributed by atoms with van der Waals surface area (Å²) in [5, 5.41) is 18.1. The van der Waals surface area contributed by atoms with Crippen LogP contribution in [0.15, 0.2) is 12.1 Å². The highest BCUT2D eigenvalue weighted by molar-refractivity contribution is 6.31. The van der Waals surface area contributed by atoms with Gasteiger partial charge in [0.1, 0.15) is 17.4 Å². The molecule has 0 atom stereocenters. The predicted octanol–water partition coefficient (Wildman–Crippen LogP) is 4.84. The molecule has 1 heterocycles. The summed E-state index contributed by atoms with van der Waals surface area (Å²) in [6.07, 6.45) is 0. The summed E-state index contributed by atoms with van der Waals surface area (Å²) in [4.78, 5) is 0. The van der Waals surface area contributed by atoms with Crippen LogP contribution in [0.1, 0.15) is 47.7 Å². The maximum Gasteiger partial charge on any atom is 0.257 e. The smallest absolute Gasteiger partial charge is 0.257 e. The van der Waals surface area contributed by atoms with Crippen LogP contribution in [0, 0.1) is 32.1 Å². The fourth-order valence-corrected chi connectivity index (χ4v) is 2.55. The first-order chi connectivity index (χ1) is 10.3. The Morgan fingerprint density at radius 1 is 1.18 bits per heavy atom. The summed E-state index contributed by atoms with van der Waals surface area (Å²) in [6, 6.07) is 5.91. The van der Waals surface area contributed by atoms with Crippen molar-refractivity contribution in [1.29, 1.82) is 5.26 Å². The summed E-state index contributed by atoms with van der Waals surface area (Å²) >= 11 is 6.27. The van der Waals surface area contributed by atoms with Crippen molar-refractivity contribution in [2.24, 2.45) is 0 Å². The Balaban J connectivity index is 2.51. The van der Waals surface area contributed by atoms with E-state index in [9.17, 15) is 5.26 Å². The second-order valence-corrected chi connectivity index (χ2v) is 6.01. The molecule has 0 saturated carbocycles. The highest BCUT2D eigenvalue weighted by atomic mass is 35.5. The van der Waals surface area contributed by atoms with Crippen LogP contribution in [-0.2, 0) is 0 Å². The third-order valence-corrected chi connectivity index (χ3v) is 3.98. The number of rotatable bonds is 3. The van der Waals surface area contributed by atoms with Gasteiger partial charge in [-0.3, -0.25) is 0 Å². The van der Waals surface area contributed by atoms with E-state index in [-0.39, 0.29) is 11.8 Å². The van der Waals surface area contributed by atoms with Gasteiger partial charge in [-0.2, -0.15) is 10.4 Å². The molecule has 0 N–H and O–H groups in total. The molecule has 22 heavy (non-hydrogen) atoms. The molecule has 0 saturated heterocycles. The number of hydrogen-bond donors (Lipinski definition) is 0. The van der Waals surface area contributed by atoms with E-state index in [1.807, 2.05) is 32.9 Å². The molecule has 0 radical (unpaired) electrons. The van der Waals surface area contributed by atoms with Crippen molar-refractivity contribution in [1.82, 2.24) is 10.2 Å². The standard InChI is InChI=1S/C17H18ClN3O/c1-9(2)13-7-16(10(3)6-15(13)18)22-17-14(8-19)11(4)12(5)20-21-17/h6-7,9H,1-5H3. The molecule has 2 rings (SSSR count). The van der Waals surface area contributed by atoms with Crippen molar-refractivity contribution in [2.45, 2.75) is 40.5 Å². The molecule has 0 spiro atoms. The van der Waals surface area contributed by atoms with Gasteiger partial charge in [-0.15, -0.1) is 5.10 Å². The molecule has 0 aliphatic rings. The van der Waals surface area contributed by atoms with Crippen LogP contribution in [0.2, 0.25) is 5.02 Å². The molecule has 114 valence electrons. The Morgan fingerprint density at radius 3 is 2.45 bits per heavy atom. The molecule has 0 fully saturated rings. The molecule has 2 aromatic rings. The van der Waals surface area contributed by atoms with Gasteiger partial charge in [0.05, 0.1) is 5.69 Å². The highest BCUT2D eigenvalue weighted by Gasteiger charge is 2.16. The molecule has 1 aromatic heterocycles. The minimum atomic E-state index is 0.228. The van der Waals surface area contributed by atoms with E-state index in [1.165, 1.54) is 0 Å². The summed E-state index contributed by atoms with van der Waals surface area (Å²) in [7, 11) is 0. The Kier molecular flexibility index (Phi) is 4.68. The van der Waals surface area contributed by atoms with Crippen LogP contribution >= 0.6 is 11.6 Å². The minimum Gasteiger partial charge on any atom is -0.436 e. The van der Waals surface area contributed by atoms with Gasteiger partial charge in [-0.05, 0) is 55.5 Å². The molecule has 0 aliphatic heterocycles. The molecular formula is C17H18ClN3O. The molecule has 4 nitrogen and oxygen atoms in total. The van der Waals surface area contributed by atoms with Crippen molar-refractivity contribution in [3.8, 4) is 17.7 Å². The average Bonchev–Trinajstić information content (AvgIpc) is 2.45. The van der Waals surface area contributed by atoms with Gasteiger partial charge >= 0.3 is 0 Å². The van der Waals surface area contributed by atoms with Gasteiger partial charge in [-0.25, -0.2) is 0 Å². The zero-order valence-corrected chi connectivity index (χ0v) is 14.1. The lowest BCUT2D eigenvalue weighted by molar-refractivity contribution is 0.447. The van der Waals surface area contributed by atoms with Crippen LogP contribution in [0.3, 0.4) is 0 Å². The second-order valence-electron chi connectivity index (χ2n) is 5.60. The monoisotopic (exact) mass is 315 g/mol. The Labute approximate surface area is 135 Å². The number of benzene rings is 1. The van der Waals surface area contributed by atoms with E-state index >= 15 is 0 Å². The van der Waals surface area contributed by atoms with Crippen molar-refractivity contribution in [3.63, 3.8) is 0 Å². The molecule has 0 amide bonds. The fraction of sp³-hybridized carbons (Fsp3) is 0.353. The van der Waals surface area contributed by atoms with Crippen molar-refractivity contribution < 1.29 is 4.74 Å². The zero-order valence-electron chi connectivity index (χ0n) is 13.4. The van der Waals surface area contributed by atoms with Crippen molar-refractivity contribution >= 4 is 11.6 Å². The molecule has 0 unspecified atom stereocenters. The van der Waals surface area contributed by atoms with Crippen LogP contribution in [-0.4, -0.2) is 10.2 Å². The third-order valence-electron chi connectivity index (χ3n) is 3.66. The maximum atomic E-state index is 9.34. The number of aromatic nitrogens is 2. The van der Waals surface area contributed by atoms with Crippen LogP contribution < -0.4 is 4.74 Å². The second kappa shape index (κ2) is 6.33. The van der Waals surface area contributed by atoms with E-state index in [0.717, 1.165) is 22.4 Å². The predicted molar refractivity (Wildman–Crippen MR) is 86.6 cm³/mol. The minimum absolute atomic E-state index is 0.228. The van der Waals surface area contributed by atoms with Gasteiger partial charge < -0.3 is 4.74 Å². The van der Waals surface area contributed by atoms with E-state index in [1.54, 1.807) is 0 Å². The summed E-state index contributed by atoms with van der Waals surface area (Å²) in [5.74, 6) is 1.14. The van der Waals surface area contributed by atoms with E-state index in [2.05, 4.69) is 30.1 Å². The van der Waals surface area contributed by atoms with Gasteiger partial charge in [0.2, 0.25) is 0 Å². The third kappa shape index (κ3) is 3.05.